The van der Waals surface area contributed by atoms with Gasteiger partial charge in [-0.05, 0) is 29.8 Å². The van der Waals surface area contributed by atoms with Gasteiger partial charge >= 0.3 is 0 Å². The van der Waals surface area contributed by atoms with Crippen LogP contribution in [0.3, 0.4) is 0 Å². The van der Waals surface area contributed by atoms with Crippen LogP contribution in [0.1, 0.15) is 12.5 Å². The Morgan fingerprint density at radius 2 is 1.73 bits per heavy atom. The molecule has 0 heterocycles. The zero-order valence-electron chi connectivity index (χ0n) is 15.4. The average Bonchev–Trinajstić information content (AvgIpc) is 2.66. The molecule has 0 aromatic heterocycles. The molecular formula is C19H26N3O3S+. The van der Waals surface area contributed by atoms with E-state index in [1.807, 2.05) is 36.7 Å². The second-order valence-electron chi connectivity index (χ2n) is 5.92. The highest BCUT2D eigenvalue weighted by Gasteiger charge is 2.14. The topological polar surface area (TPSA) is 70.4 Å². The summed E-state index contributed by atoms with van der Waals surface area (Å²) in [5.74, 6) is 1.61. The summed E-state index contributed by atoms with van der Waals surface area (Å²) in [7, 11) is -0.0543. The summed E-state index contributed by atoms with van der Waals surface area (Å²) in [6.07, 6.45) is 0. The SMILES string of the molecule is COc1ccc(S(=O)(=O)NCC[N+](C)=C(C)NCc2ccccc2)cc1. The van der Waals surface area contributed by atoms with Crippen LogP contribution in [0, 0.1) is 0 Å². The van der Waals surface area contributed by atoms with Gasteiger partial charge in [-0.25, -0.2) is 13.1 Å². The lowest BCUT2D eigenvalue weighted by Gasteiger charge is -2.09. The highest BCUT2D eigenvalue weighted by Crippen LogP contribution is 2.14. The molecule has 0 radical (unpaired) electrons. The van der Waals surface area contributed by atoms with Gasteiger partial charge in [0.1, 0.15) is 12.3 Å². The molecule has 6 nitrogen and oxygen atoms in total. The number of nitrogens with zero attached hydrogens (tertiary/aromatic N) is 1. The van der Waals surface area contributed by atoms with Crippen molar-refractivity contribution >= 4 is 15.9 Å². The van der Waals surface area contributed by atoms with Crippen LogP contribution in [-0.2, 0) is 16.6 Å². The number of likely N-dealkylation sites (N-methyl/N-ethyl adjacent to an activating group) is 1. The van der Waals surface area contributed by atoms with Crippen LogP contribution in [0.15, 0.2) is 59.5 Å². The predicted octanol–water partition coefficient (Wildman–Crippen LogP) is 1.82. The Hall–Kier alpha value is -2.38. The number of ether oxygens (including phenoxy) is 1. The van der Waals surface area contributed by atoms with E-state index in [9.17, 15) is 8.42 Å². The normalized spacial score (nSPS) is 12.4. The average molecular weight is 377 g/mol. The Bertz CT molecular complexity index is 832. The first-order valence-electron chi connectivity index (χ1n) is 8.38. The molecule has 0 fully saturated rings. The van der Waals surface area contributed by atoms with Gasteiger partial charge in [0.2, 0.25) is 15.9 Å². The van der Waals surface area contributed by atoms with E-state index in [0.29, 0.717) is 18.8 Å². The predicted molar refractivity (Wildman–Crippen MR) is 103 cm³/mol. The van der Waals surface area contributed by atoms with E-state index in [-0.39, 0.29) is 4.90 Å². The van der Waals surface area contributed by atoms with Crippen LogP contribution < -0.4 is 14.8 Å². The van der Waals surface area contributed by atoms with Crippen LogP contribution in [-0.4, -0.2) is 46.1 Å². The van der Waals surface area contributed by atoms with Gasteiger partial charge in [0.15, 0.2) is 0 Å². The van der Waals surface area contributed by atoms with Gasteiger partial charge in [-0.1, -0.05) is 30.3 Å². The third kappa shape index (κ3) is 5.86. The minimum absolute atomic E-state index is 0.226. The van der Waals surface area contributed by atoms with Gasteiger partial charge in [0.25, 0.3) is 0 Å². The van der Waals surface area contributed by atoms with E-state index < -0.39 is 10.0 Å². The molecule has 140 valence electrons. The van der Waals surface area contributed by atoms with Crippen molar-refractivity contribution in [1.29, 1.82) is 0 Å². The van der Waals surface area contributed by atoms with Crippen molar-refractivity contribution in [3.8, 4) is 5.75 Å². The molecule has 2 rings (SSSR count). The highest BCUT2D eigenvalue weighted by molar-refractivity contribution is 7.89. The van der Waals surface area contributed by atoms with E-state index in [1.165, 1.54) is 17.7 Å². The van der Waals surface area contributed by atoms with E-state index in [4.69, 9.17) is 4.74 Å². The van der Waals surface area contributed by atoms with Crippen molar-refractivity contribution < 1.29 is 17.7 Å². The number of methoxy groups -OCH3 is 1. The van der Waals surface area contributed by atoms with Crippen molar-refractivity contribution in [2.45, 2.75) is 18.4 Å². The lowest BCUT2D eigenvalue weighted by Crippen LogP contribution is -2.35. The molecule has 0 saturated heterocycles. The highest BCUT2D eigenvalue weighted by atomic mass is 32.2. The van der Waals surface area contributed by atoms with Crippen molar-refractivity contribution in [1.82, 2.24) is 10.0 Å². The standard InChI is InChI=1S/C19H25N3O3S/c1-16(20-15-17-7-5-4-6-8-17)22(2)14-13-21-26(23,24)19-11-9-18(25-3)10-12-19/h4-12,21H,13-15H2,1-3H3/p+1. The number of hydrogen-bond acceptors (Lipinski definition) is 3. The fourth-order valence-corrected chi connectivity index (χ4v) is 3.34. The number of benzene rings is 2. The second-order valence-corrected chi connectivity index (χ2v) is 7.69. The first kappa shape index (κ1) is 19.9. The minimum atomic E-state index is -3.52. The van der Waals surface area contributed by atoms with E-state index in [2.05, 4.69) is 22.2 Å². The second kappa shape index (κ2) is 9.35. The Labute approximate surface area is 155 Å². The molecule has 26 heavy (non-hydrogen) atoms. The number of nitrogens with one attached hydrogen (secondary N) is 2. The summed E-state index contributed by atoms with van der Waals surface area (Å²) in [6, 6.07) is 16.4. The maximum Gasteiger partial charge on any atom is 0.241 e. The van der Waals surface area contributed by atoms with Crippen LogP contribution in [0.25, 0.3) is 0 Å². The molecule has 0 aliphatic heterocycles. The quantitative estimate of drug-likeness (QED) is 0.419. The smallest absolute Gasteiger partial charge is 0.241 e. The maximum absolute atomic E-state index is 12.3. The molecule has 0 unspecified atom stereocenters. The van der Waals surface area contributed by atoms with E-state index >= 15 is 0 Å². The molecule has 2 N–H and O–H groups in total. The molecule has 0 amide bonds. The van der Waals surface area contributed by atoms with E-state index in [0.717, 1.165) is 12.4 Å². The number of hydrogen-bond donors (Lipinski definition) is 2. The molecule has 0 saturated carbocycles. The van der Waals surface area contributed by atoms with Gasteiger partial charge in [-0.2, -0.15) is 0 Å². The lowest BCUT2D eigenvalue weighted by molar-refractivity contribution is -0.497. The first-order valence-corrected chi connectivity index (χ1v) is 9.87. The van der Waals surface area contributed by atoms with Crippen molar-refractivity contribution in [2.24, 2.45) is 0 Å². The summed E-state index contributed by atoms with van der Waals surface area (Å²) >= 11 is 0. The fraction of sp³-hybridized carbons (Fsp3) is 0.316. The minimum Gasteiger partial charge on any atom is -0.497 e. The molecule has 0 aliphatic rings. The Morgan fingerprint density at radius 3 is 2.35 bits per heavy atom. The van der Waals surface area contributed by atoms with Crippen molar-refractivity contribution in [3.63, 3.8) is 0 Å². The summed E-state index contributed by atoms with van der Waals surface area (Å²) in [5, 5.41) is 3.34. The molecule has 7 heteroatoms. The molecule has 0 atom stereocenters. The van der Waals surface area contributed by atoms with Crippen molar-refractivity contribution in [2.75, 3.05) is 27.2 Å². The van der Waals surface area contributed by atoms with Crippen LogP contribution in [0.4, 0.5) is 0 Å². The summed E-state index contributed by atoms with van der Waals surface area (Å²) < 4.78 is 34.3. The number of amidine groups is 1. The number of rotatable bonds is 8. The van der Waals surface area contributed by atoms with E-state index in [1.54, 1.807) is 19.2 Å². The monoisotopic (exact) mass is 376 g/mol. The molecule has 2 aromatic rings. The van der Waals surface area contributed by atoms with Gasteiger partial charge < -0.3 is 4.74 Å². The van der Waals surface area contributed by atoms with Crippen LogP contribution in [0.2, 0.25) is 0 Å². The Kier molecular flexibility index (Phi) is 7.17. The Balaban J connectivity index is 1.86. The van der Waals surface area contributed by atoms with Crippen LogP contribution >= 0.6 is 0 Å². The van der Waals surface area contributed by atoms with Gasteiger partial charge in [0.05, 0.1) is 25.6 Å². The lowest BCUT2D eigenvalue weighted by atomic mass is 10.2. The fourth-order valence-electron chi connectivity index (χ4n) is 2.31. The third-order valence-corrected chi connectivity index (χ3v) is 5.55. The van der Waals surface area contributed by atoms with Crippen LogP contribution in [0.5, 0.6) is 5.75 Å². The molecule has 0 aliphatic carbocycles. The first-order chi connectivity index (χ1) is 12.4. The molecule has 0 spiro atoms. The number of sulfonamides is 1. The molecule has 2 aromatic carbocycles. The van der Waals surface area contributed by atoms with Gasteiger partial charge in [-0.15, -0.1) is 0 Å². The zero-order valence-corrected chi connectivity index (χ0v) is 16.2. The van der Waals surface area contributed by atoms with Gasteiger partial charge in [-0.3, -0.25) is 9.89 Å². The van der Waals surface area contributed by atoms with Gasteiger partial charge in [0, 0.05) is 13.5 Å². The zero-order chi connectivity index (χ0) is 19.0. The third-order valence-electron chi connectivity index (χ3n) is 4.07. The maximum atomic E-state index is 12.3. The summed E-state index contributed by atoms with van der Waals surface area (Å²) in [6.45, 7) is 3.58. The summed E-state index contributed by atoms with van der Waals surface area (Å²) in [4.78, 5) is 0.226. The molecule has 0 bridgehead atoms. The summed E-state index contributed by atoms with van der Waals surface area (Å²) in [5.41, 5.74) is 1.19. The largest absolute Gasteiger partial charge is 0.497 e. The Morgan fingerprint density at radius 1 is 1.08 bits per heavy atom. The van der Waals surface area contributed by atoms with Crippen molar-refractivity contribution in [3.05, 3.63) is 60.2 Å². The molecular weight excluding hydrogens is 350 g/mol.